The highest BCUT2D eigenvalue weighted by atomic mass is 15.3. The number of nitrogen functional groups attached to an aromatic ring is 1. The van der Waals surface area contributed by atoms with Gasteiger partial charge in [0.15, 0.2) is 0 Å². The van der Waals surface area contributed by atoms with E-state index in [-0.39, 0.29) is 0 Å². The molecule has 3 nitrogen and oxygen atoms in total. The van der Waals surface area contributed by atoms with Crippen molar-refractivity contribution in [3.63, 3.8) is 0 Å². The van der Waals surface area contributed by atoms with Crippen molar-refractivity contribution in [2.24, 2.45) is 0 Å². The first-order valence-electron chi connectivity index (χ1n) is 5.43. The van der Waals surface area contributed by atoms with Gasteiger partial charge in [-0.05, 0) is 44.0 Å². The van der Waals surface area contributed by atoms with Crippen LogP contribution >= 0.6 is 0 Å². The topological polar surface area (TPSA) is 43.8 Å². The highest BCUT2D eigenvalue weighted by Gasteiger charge is 2.06. The Bertz CT molecular complexity index is 495. The van der Waals surface area contributed by atoms with Gasteiger partial charge in [0.25, 0.3) is 0 Å². The van der Waals surface area contributed by atoms with Gasteiger partial charge in [-0.3, -0.25) is 4.68 Å². The van der Waals surface area contributed by atoms with Gasteiger partial charge in [0.05, 0.1) is 12.2 Å². The van der Waals surface area contributed by atoms with E-state index >= 15 is 0 Å². The first-order chi connectivity index (χ1) is 7.58. The molecule has 0 radical (unpaired) electrons. The third kappa shape index (κ3) is 1.94. The minimum atomic E-state index is 0.799. The Balaban J connectivity index is 2.27. The van der Waals surface area contributed by atoms with Crippen LogP contribution < -0.4 is 5.73 Å². The summed E-state index contributed by atoms with van der Waals surface area (Å²) >= 11 is 0. The Morgan fingerprint density at radius 3 is 2.25 bits per heavy atom. The number of aryl methyl sites for hydroxylation is 1. The zero-order chi connectivity index (χ0) is 11.7. The number of hydrogen-bond donors (Lipinski definition) is 1. The predicted molar refractivity (Wildman–Crippen MR) is 66.4 cm³/mol. The number of anilines is 1. The normalized spacial score (nSPS) is 10.7. The van der Waals surface area contributed by atoms with Crippen LogP contribution in [0.15, 0.2) is 24.3 Å². The quantitative estimate of drug-likeness (QED) is 0.782. The van der Waals surface area contributed by atoms with Gasteiger partial charge in [-0.15, -0.1) is 0 Å². The Morgan fingerprint density at radius 2 is 1.75 bits per heavy atom. The summed E-state index contributed by atoms with van der Waals surface area (Å²) in [5.41, 5.74) is 11.3. The van der Waals surface area contributed by atoms with E-state index in [1.807, 2.05) is 35.9 Å². The molecule has 1 aromatic carbocycles. The number of nitrogens with zero attached hydrogens (tertiary/aromatic N) is 2. The molecule has 0 spiro atoms. The number of hydrogen-bond acceptors (Lipinski definition) is 2. The van der Waals surface area contributed by atoms with Crippen LogP contribution in [0, 0.1) is 20.8 Å². The molecule has 0 unspecified atom stereocenters. The number of rotatable bonds is 2. The van der Waals surface area contributed by atoms with Crippen molar-refractivity contribution < 1.29 is 0 Å². The molecule has 1 aromatic heterocycles. The molecule has 0 bridgehead atoms. The number of benzene rings is 1. The van der Waals surface area contributed by atoms with E-state index in [2.05, 4.69) is 18.9 Å². The highest BCUT2D eigenvalue weighted by Crippen LogP contribution is 2.13. The van der Waals surface area contributed by atoms with E-state index in [4.69, 9.17) is 5.73 Å². The lowest BCUT2D eigenvalue weighted by atomic mass is 10.2. The summed E-state index contributed by atoms with van der Waals surface area (Å²) in [6.07, 6.45) is 0. The van der Waals surface area contributed by atoms with Crippen LogP contribution in [0.25, 0.3) is 0 Å². The molecule has 16 heavy (non-hydrogen) atoms. The standard InChI is InChI=1S/C13H17N3/c1-9-10(2)15-16(11(9)3)8-12-4-6-13(14)7-5-12/h4-7H,8,14H2,1-3H3. The van der Waals surface area contributed by atoms with E-state index in [1.54, 1.807) is 0 Å². The van der Waals surface area contributed by atoms with Crippen LogP contribution in [0.1, 0.15) is 22.5 Å². The maximum atomic E-state index is 5.66. The summed E-state index contributed by atoms with van der Waals surface area (Å²) in [6.45, 7) is 7.06. The summed E-state index contributed by atoms with van der Waals surface area (Å²) in [6, 6.07) is 7.93. The second-order valence-electron chi connectivity index (χ2n) is 4.20. The lowest BCUT2D eigenvalue weighted by Crippen LogP contribution is -2.04. The largest absolute Gasteiger partial charge is 0.399 e. The lowest BCUT2D eigenvalue weighted by molar-refractivity contribution is 0.658. The van der Waals surface area contributed by atoms with Crippen molar-refractivity contribution in [2.75, 3.05) is 5.73 Å². The van der Waals surface area contributed by atoms with E-state index < -0.39 is 0 Å². The average Bonchev–Trinajstić information content (AvgIpc) is 2.50. The van der Waals surface area contributed by atoms with Crippen molar-refractivity contribution in [3.05, 3.63) is 46.8 Å². The maximum absolute atomic E-state index is 5.66. The monoisotopic (exact) mass is 215 g/mol. The van der Waals surface area contributed by atoms with Crippen molar-refractivity contribution in [2.45, 2.75) is 27.3 Å². The molecule has 0 aliphatic carbocycles. The van der Waals surface area contributed by atoms with Crippen LogP contribution in [0.4, 0.5) is 5.69 Å². The summed E-state index contributed by atoms with van der Waals surface area (Å²) in [7, 11) is 0. The third-order valence-corrected chi connectivity index (χ3v) is 3.06. The molecule has 2 aromatic rings. The molecule has 3 heteroatoms. The number of aromatic nitrogens is 2. The Kier molecular flexibility index (Phi) is 2.69. The Labute approximate surface area is 95.9 Å². The third-order valence-electron chi connectivity index (χ3n) is 3.06. The number of nitrogens with two attached hydrogens (primary N) is 1. The van der Waals surface area contributed by atoms with E-state index in [9.17, 15) is 0 Å². The van der Waals surface area contributed by atoms with Crippen LogP contribution in [-0.2, 0) is 6.54 Å². The molecule has 0 amide bonds. The van der Waals surface area contributed by atoms with Gasteiger partial charge in [0.2, 0.25) is 0 Å². The summed E-state index contributed by atoms with van der Waals surface area (Å²) in [5, 5.41) is 4.51. The molecule has 0 saturated carbocycles. The van der Waals surface area contributed by atoms with E-state index in [0.717, 1.165) is 17.9 Å². The Hall–Kier alpha value is -1.77. The molecule has 0 aliphatic rings. The van der Waals surface area contributed by atoms with Gasteiger partial charge in [-0.2, -0.15) is 5.10 Å². The fourth-order valence-electron chi connectivity index (χ4n) is 1.74. The zero-order valence-electron chi connectivity index (χ0n) is 9.99. The predicted octanol–water partition coefficient (Wildman–Crippen LogP) is 2.44. The molecular weight excluding hydrogens is 198 g/mol. The highest BCUT2D eigenvalue weighted by molar-refractivity contribution is 5.39. The van der Waals surface area contributed by atoms with E-state index in [1.165, 1.54) is 16.8 Å². The van der Waals surface area contributed by atoms with Crippen molar-refractivity contribution >= 4 is 5.69 Å². The molecule has 0 fully saturated rings. The first kappa shape index (κ1) is 10.7. The van der Waals surface area contributed by atoms with E-state index in [0.29, 0.717) is 0 Å². The first-order valence-corrected chi connectivity index (χ1v) is 5.43. The second kappa shape index (κ2) is 4.00. The zero-order valence-corrected chi connectivity index (χ0v) is 9.99. The molecule has 0 aliphatic heterocycles. The van der Waals surface area contributed by atoms with Gasteiger partial charge in [0, 0.05) is 11.4 Å². The van der Waals surface area contributed by atoms with Crippen LogP contribution in [0.2, 0.25) is 0 Å². The second-order valence-corrected chi connectivity index (χ2v) is 4.20. The minimum Gasteiger partial charge on any atom is -0.399 e. The van der Waals surface area contributed by atoms with Gasteiger partial charge in [-0.25, -0.2) is 0 Å². The van der Waals surface area contributed by atoms with Gasteiger partial charge >= 0.3 is 0 Å². The molecule has 0 saturated heterocycles. The maximum Gasteiger partial charge on any atom is 0.0662 e. The lowest BCUT2D eigenvalue weighted by Gasteiger charge is -2.05. The van der Waals surface area contributed by atoms with Crippen LogP contribution in [-0.4, -0.2) is 9.78 Å². The minimum absolute atomic E-state index is 0.799. The van der Waals surface area contributed by atoms with Crippen molar-refractivity contribution in [1.82, 2.24) is 9.78 Å². The van der Waals surface area contributed by atoms with Gasteiger partial charge < -0.3 is 5.73 Å². The molecule has 2 N–H and O–H groups in total. The van der Waals surface area contributed by atoms with Gasteiger partial charge in [0.1, 0.15) is 0 Å². The molecule has 2 rings (SSSR count). The fraction of sp³-hybridized carbons (Fsp3) is 0.308. The van der Waals surface area contributed by atoms with Crippen LogP contribution in [0.3, 0.4) is 0 Å². The van der Waals surface area contributed by atoms with Crippen molar-refractivity contribution in [1.29, 1.82) is 0 Å². The summed E-state index contributed by atoms with van der Waals surface area (Å²) < 4.78 is 2.04. The van der Waals surface area contributed by atoms with Gasteiger partial charge in [-0.1, -0.05) is 12.1 Å². The average molecular weight is 215 g/mol. The molecule has 1 heterocycles. The molecular formula is C13H17N3. The van der Waals surface area contributed by atoms with Crippen LogP contribution in [0.5, 0.6) is 0 Å². The molecule has 84 valence electrons. The fourth-order valence-corrected chi connectivity index (χ4v) is 1.74. The Morgan fingerprint density at radius 1 is 1.12 bits per heavy atom. The smallest absolute Gasteiger partial charge is 0.0662 e. The SMILES string of the molecule is Cc1nn(Cc2ccc(N)cc2)c(C)c1C. The van der Waals surface area contributed by atoms with Crippen molar-refractivity contribution in [3.8, 4) is 0 Å². The molecule has 0 atom stereocenters. The summed E-state index contributed by atoms with van der Waals surface area (Å²) in [4.78, 5) is 0. The summed E-state index contributed by atoms with van der Waals surface area (Å²) in [5.74, 6) is 0.